The Morgan fingerprint density at radius 3 is 2.07 bits per heavy atom. The maximum absolute atomic E-state index is 12.1. The summed E-state index contributed by atoms with van der Waals surface area (Å²) in [5, 5.41) is 2.46. The molecule has 0 aromatic heterocycles. The van der Waals surface area contributed by atoms with Crippen molar-refractivity contribution < 1.29 is 31.2 Å². The standard InChI is InChI=1S/C19H22N2O7S2/c1-21(2)30(26,27)17-10-8-15(9-11-17)20-18(22)14-28-19(23)12-13-29(24,25)16-6-4-3-5-7-16/h3-11H,12-14H2,1-2H3,(H,20,22). The molecule has 0 aliphatic rings. The van der Waals surface area contributed by atoms with Crippen LogP contribution in [0.1, 0.15) is 6.42 Å². The molecule has 0 bridgehead atoms. The zero-order chi connectivity index (χ0) is 22.4. The van der Waals surface area contributed by atoms with Gasteiger partial charge in [-0.05, 0) is 36.4 Å². The van der Waals surface area contributed by atoms with Gasteiger partial charge in [0.15, 0.2) is 16.4 Å². The molecule has 0 aliphatic carbocycles. The summed E-state index contributed by atoms with van der Waals surface area (Å²) in [7, 11) is -4.38. The second-order valence-electron chi connectivity index (χ2n) is 6.40. The van der Waals surface area contributed by atoms with Crippen molar-refractivity contribution in [2.24, 2.45) is 0 Å². The van der Waals surface area contributed by atoms with Crippen LogP contribution < -0.4 is 5.32 Å². The number of amides is 1. The van der Waals surface area contributed by atoms with Crippen LogP contribution in [0.15, 0.2) is 64.4 Å². The number of carbonyl (C=O) groups excluding carboxylic acids is 2. The summed E-state index contributed by atoms with van der Waals surface area (Å²) in [4.78, 5) is 23.8. The highest BCUT2D eigenvalue weighted by atomic mass is 32.2. The maximum Gasteiger partial charge on any atom is 0.307 e. The van der Waals surface area contributed by atoms with Gasteiger partial charge in [-0.1, -0.05) is 18.2 Å². The van der Waals surface area contributed by atoms with Crippen LogP contribution >= 0.6 is 0 Å². The number of nitrogens with zero attached hydrogens (tertiary/aromatic N) is 1. The number of carbonyl (C=O) groups is 2. The van der Waals surface area contributed by atoms with E-state index in [9.17, 15) is 26.4 Å². The first-order chi connectivity index (χ1) is 14.0. The Hall–Kier alpha value is -2.76. The molecule has 30 heavy (non-hydrogen) atoms. The lowest BCUT2D eigenvalue weighted by Gasteiger charge is -2.12. The van der Waals surface area contributed by atoms with E-state index in [0.29, 0.717) is 5.69 Å². The van der Waals surface area contributed by atoms with Crippen LogP contribution in [0.25, 0.3) is 0 Å². The summed E-state index contributed by atoms with van der Waals surface area (Å²) < 4.78 is 54.1. The summed E-state index contributed by atoms with van der Waals surface area (Å²) in [5.74, 6) is -1.89. The summed E-state index contributed by atoms with van der Waals surface area (Å²) in [6, 6.07) is 13.2. The summed E-state index contributed by atoms with van der Waals surface area (Å²) in [6.45, 7) is -0.595. The molecule has 0 saturated carbocycles. The van der Waals surface area contributed by atoms with E-state index in [1.807, 2.05) is 0 Å². The monoisotopic (exact) mass is 454 g/mol. The fourth-order valence-electron chi connectivity index (χ4n) is 2.30. The van der Waals surface area contributed by atoms with E-state index in [2.05, 4.69) is 5.32 Å². The van der Waals surface area contributed by atoms with Gasteiger partial charge in [-0.15, -0.1) is 0 Å². The Bertz CT molecular complexity index is 1100. The lowest BCUT2D eigenvalue weighted by molar-refractivity contribution is -0.146. The molecular formula is C19H22N2O7S2. The summed E-state index contributed by atoms with van der Waals surface area (Å²) in [6.07, 6.45) is -0.387. The Kier molecular flexibility index (Phi) is 7.71. The van der Waals surface area contributed by atoms with E-state index >= 15 is 0 Å². The summed E-state index contributed by atoms with van der Waals surface area (Å²) >= 11 is 0. The molecule has 1 N–H and O–H groups in total. The lowest BCUT2D eigenvalue weighted by Crippen LogP contribution is -2.23. The van der Waals surface area contributed by atoms with Gasteiger partial charge in [-0.3, -0.25) is 9.59 Å². The Morgan fingerprint density at radius 2 is 1.50 bits per heavy atom. The van der Waals surface area contributed by atoms with Gasteiger partial charge in [0, 0.05) is 19.8 Å². The molecule has 0 heterocycles. The highest BCUT2D eigenvalue weighted by Crippen LogP contribution is 2.16. The van der Waals surface area contributed by atoms with Crippen LogP contribution in [0.4, 0.5) is 5.69 Å². The van der Waals surface area contributed by atoms with E-state index in [1.54, 1.807) is 18.2 Å². The number of hydrogen-bond donors (Lipinski definition) is 1. The van der Waals surface area contributed by atoms with Gasteiger partial charge in [-0.25, -0.2) is 21.1 Å². The molecule has 2 rings (SSSR count). The molecule has 0 fully saturated rings. The fourth-order valence-corrected chi connectivity index (χ4v) is 4.44. The van der Waals surface area contributed by atoms with E-state index in [-0.39, 0.29) is 16.2 Å². The minimum Gasteiger partial charge on any atom is -0.456 e. The highest BCUT2D eigenvalue weighted by molar-refractivity contribution is 7.91. The first-order valence-corrected chi connectivity index (χ1v) is 11.9. The largest absolute Gasteiger partial charge is 0.456 e. The fraction of sp³-hybridized carbons (Fsp3) is 0.263. The number of hydrogen-bond acceptors (Lipinski definition) is 7. The molecular weight excluding hydrogens is 432 g/mol. The van der Waals surface area contributed by atoms with Crippen LogP contribution in [-0.2, 0) is 34.2 Å². The Balaban J connectivity index is 1.82. The molecule has 0 saturated heterocycles. The van der Waals surface area contributed by atoms with Crippen LogP contribution in [0, 0.1) is 0 Å². The van der Waals surface area contributed by atoms with E-state index in [4.69, 9.17) is 4.74 Å². The van der Waals surface area contributed by atoms with Crippen LogP contribution in [0.3, 0.4) is 0 Å². The molecule has 0 aliphatic heterocycles. The third kappa shape index (κ3) is 6.37. The molecule has 9 nitrogen and oxygen atoms in total. The van der Waals surface area contributed by atoms with Crippen molar-refractivity contribution in [1.29, 1.82) is 0 Å². The predicted molar refractivity (Wildman–Crippen MR) is 110 cm³/mol. The van der Waals surface area contributed by atoms with E-state index in [1.165, 1.54) is 50.5 Å². The minimum absolute atomic E-state index is 0.0663. The number of nitrogens with one attached hydrogen (secondary N) is 1. The quantitative estimate of drug-likeness (QED) is 0.566. The number of rotatable bonds is 9. The molecule has 2 aromatic rings. The highest BCUT2D eigenvalue weighted by Gasteiger charge is 2.18. The Morgan fingerprint density at radius 1 is 0.900 bits per heavy atom. The zero-order valence-electron chi connectivity index (χ0n) is 16.4. The predicted octanol–water partition coefficient (Wildman–Crippen LogP) is 1.28. The van der Waals surface area contributed by atoms with Gasteiger partial charge in [0.25, 0.3) is 5.91 Å². The van der Waals surface area contributed by atoms with Crippen LogP contribution in [0.5, 0.6) is 0 Å². The van der Waals surface area contributed by atoms with E-state index in [0.717, 1.165) is 4.31 Å². The SMILES string of the molecule is CN(C)S(=O)(=O)c1ccc(NC(=O)COC(=O)CCS(=O)(=O)c2ccccc2)cc1. The molecule has 0 spiro atoms. The molecule has 11 heteroatoms. The van der Waals surface area contributed by atoms with Crippen molar-refractivity contribution in [3.05, 3.63) is 54.6 Å². The van der Waals surface area contributed by atoms with Gasteiger partial charge in [0.1, 0.15) is 0 Å². The zero-order valence-corrected chi connectivity index (χ0v) is 18.1. The number of sulfonamides is 1. The minimum atomic E-state index is -3.62. The molecule has 162 valence electrons. The van der Waals surface area contributed by atoms with Gasteiger partial charge in [0.05, 0.1) is 22.0 Å². The molecule has 0 radical (unpaired) electrons. The van der Waals surface area contributed by atoms with Crippen molar-refractivity contribution in [1.82, 2.24) is 4.31 Å². The van der Waals surface area contributed by atoms with Crippen LogP contribution in [-0.4, -0.2) is 59.5 Å². The second kappa shape index (κ2) is 9.83. The first kappa shape index (κ1) is 23.5. The summed E-state index contributed by atoms with van der Waals surface area (Å²) in [5.41, 5.74) is 0.320. The molecule has 0 atom stereocenters. The van der Waals surface area contributed by atoms with Crippen molar-refractivity contribution in [3.8, 4) is 0 Å². The molecule has 2 aromatic carbocycles. The Labute approximate surface area is 175 Å². The lowest BCUT2D eigenvalue weighted by atomic mass is 10.3. The van der Waals surface area contributed by atoms with Gasteiger partial charge in [-0.2, -0.15) is 0 Å². The topological polar surface area (TPSA) is 127 Å². The molecule has 1 amide bonds. The average molecular weight is 455 g/mol. The number of benzene rings is 2. The smallest absolute Gasteiger partial charge is 0.307 e. The van der Waals surface area contributed by atoms with Crippen molar-refractivity contribution in [3.63, 3.8) is 0 Å². The average Bonchev–Trinajstić information content (AvgIpc) is 2.71. The van der Waals surface area contributed by atoms with Gasteiger partial charge >= 0.3 is 5.97 Å². The third-order valence-electron chi connectivity index (χ3n) is 3.96. The van der Waals surface area contributed by atoms with Crippen molar-refractivity contribution in [2.45, 2.75) is 16.2 Å². The molecule has 0 unspecified atom stereocenters. The first-order valence-electron chi connectivity index (χ1n) is 8.78. The number of esters is 1. The second-order valence-corrected chi connectivity index (χ2v) is 10.7. The normalized spacial score (nSPS) is 11.8. The van der Waals surface area contributed by atoms with Crippen molar-refractivity contribution >= 4 is 37.4 Å². The number of ether oxygens (including phenoxy) is 1. The van der Waals surface area contributed by atoms with Crippen molar-refractivity contribution in [2.75, 3.05) is 31.8 Å². The van der Waals surface area contributed by atoms with Gasteiger partial charge < -0.3 is 10.1 Å². The third-order valence-corrected chi connectivity index (χ3v) is 7.52. The van der Waals surface area contributed by atoms with Gasteiger partial charge in [0.2, 0.25) is 10.0 Å². The van der Waals surface area contributed by atoms with E-state index < -0.39 is 44.1 Å². The number of anilines is 1. The maximum atomic E-state index is 12.1. The van der Waals surface area contributed by atoms with Crippen LogP contribution in [0.2, 0.25) is 0 Å². The number of sulfone groups is 1.